The van der Waals surface area contributed by atoms with Gasteiger partial charge in [-0.05, 0) is 53.9 Å². The van der Waals surface area contributed by atoms with Crippen molar-refractivity contribution in [1.29, 1.82) is 0 Å². The average molecular weight is 473 g/mol. The molecule has 8 nitrogen and oxygen atoms in total. The van der Waals surface area contributed by atoms with E-state index in [1.165, 1.54) is 18.3 Å². The quantitative estimate of drug-likeness (QED) is 0.252. The van der Waals surface area contributed by atoms with Crippen molar-refractivity contribution in [1.82, 2.24) is 5.43 Å². The van der Waals surface area contributed by atoms with Crippen molar-refractivity contribution < 1.29 is 14.5 Å². The molecule has 3 rings (SSSR count). The summed E-state index contributed by atoms with van der Waals surface area (Å²) >= 11 is 12.5. The van der Waals surface area contributed by atoms with Crippen LogP contribution in [0.15, 0.2) is 65.8 Å². The minimum atomic E-state index is -0.490. The number of non-ortho nitro benzene ring substituents is 1. The van der Waals surface area contributed by atoms with E-state index in [-0.39, 0.29) is 28.1 Å². The Morgan fingerprint density at radius 3 is 2.41 bits per heavy atom. The number of benzene rings is 3. The molecular weight excluding hydrogens is 455 g/mol. The summed E-state index contributed by atoms with van der Waals surface area (Å²) in [6, 6.07) is 16.0. The summed E-state index contributed by atoms with van der Waals surface area (Å²) in [5.74, 6) is 0.272. The molecule has 0 fully saturated rings. The lowest BCUT2D eigenvalue weighted by atomic mass is 10.2. The normalized spacial score (nSPS) is 10.7. The van der Waals surface area contributed by atoms with Gasteiger partial charge >= 0.3 is 6.03 Å². The molecule has 0 bridgehead atoms. The lowest BCUT2D eigenvalue weighted by Crippen LogP contribution is -2.24. The van der Waals surface area contributed by atoms with Crippen LogP contribution < -0.4 is 15.5 Å². The first-order valence-corrected chi connectivity index (χ1v) is 10.1. The molecule has 0 aliphatic rings. The van der Waals surface area contributed by atoms with Gasteiger partial charge in [-0.1, -0.05) is 41.4 Å². The zero-order valence-electron chi connectivity index (χ0n) is 16.8. The number of halogens is 2. The molecule has 10 heteroatoms. The average Bonchev–Trinajstić information content (AvgIpc) is 2.75. The standard InChI is InChI=1S/C22H18Cl2N4O4/c1-14-4-2-3-5-20(14)26-22(29)27-25-12-16-10-18(23)21(19(24)11-16)32-13-15-6-8-17(9-7-15)28(30)31/h2-12H,13H2,1H3,(H2,26,27,29). The summed E-state index contributed by atoms with van der Waals surface area (Å²) < 4.78 is 5.67. The lowest BCUT2D eigenvalue weighted by molar-refractivity contribution is -0.384. The third kappa shape index (κ3) is 6.19. The molecule has 3 aromatic carbocycles. The number of nitrogens with one attached hydrogen (secondary N) is 2. The molecule has 2 N–H and O–H groups in total. The van der Waals surface area contributed by atoms with Crippen molar-refractivity contribution >= 4 is 46.8 Å². The summed E-state index contributed by atoms with van der Waals surface area (Å²) in [6.45, 7) is 2.01. The van der Waals surface area contributed by atoms with E-state index in [4.69, 9.17) is 27.9 Å². The second kappa shape index (κ2) is 10.6. The van der Waals surface area contributed by atoms with Crippen LogP contribution >= 0.6 is 23.2 Å². The van der Waals surface area contributed by atoms with Crippen LogP contribution in [0.2, 0.25) is 10.0 Å². The number of amides is 2. The fraction of sp³-hybridized carbons (Fsp3) is 0.0909. The van der Waals surface area contributed by atoms with Crippen molar-refractivity contribution in [3.05, 3.63) is 97.5 Å². The molecule has 0 spiro atoms. The van der Waals surface area contributed by atoms with E-state index in [9.17, 15) is 14.9 Å². The number of anilines is 1. The Balaban J connectivity index is 1.59. The third-order valence-corrected chi connectivity index (χ3v) is 4.89. The van der Waals surface area contributed by atoms with E-state index in [0.29, 0.717) is 11.3 Å². The first-order chi connectivity index (χ1) is 15.3. The van der Waals surface area contributed by atoms with Crippen LogP contribution in [0.5, 0.6) is 5.75 Å². The number of nitrogens with zero attached hydrogens (tertiary/aromatic N) is 2. The van der Waals surface area contributed by atoms with Crippen molar-refractivity contribution in [3.63, 3.8) is 0 Å². The Kier molecular flexibility index (Phi) is 7.64. The number of ether oxygens (including phenoxy) is 1. The molecule has 164 valence electrons. The van der Waals surface area contributed by atoms with Gasteiger partial charge in [0.1, 0.15) is 6.61 Å². The molecule has 3 aromatic rings. The smallest absolute Gasteiger partial charge is 0.339 e. The molecule has 0 radical (unpaired) electrons. The maximum absolute atomic E-state index is 12.0. The second-order valence-electron chi connectivity index (χ2n) is 6.66. The van der Waals surface area contributed by atoms with Gasteiger partial charge in [0, 0.05) is 17.8 Å². The summed E-state index contributed by atoms with van der Waals surface area (Å²) in [5.41, 5.74) is 5.25. The topological polar surface area (TPSA) is 106 Å². The van der Waals surface area contributed by atoms with Crippen LogP contribution in [-0.2, 0) is 6.61 Å². The summed E-state index contributed by atoms with van der Waals surface area (Å²) in [5, 5.41) is 17.8. The number of urea groups is 1. The van der Waals surface area contributed by atoms with Gasteiger partial charge in [0.15, 0.2) is 5.75 Å². The molecule has 0 aliphatic heterocycles. The Morgan fingerprint density at radius 2 is 1.78 bits per heavy atom. The molecule has 0 saturated heterocycles. The lowest BCUT2D eigenvalue weighted by Gasteiger charge is -2.11. The maximum Gasteiger partial charge on any atom is 0.339 e. The van der Waals surface area contributed by atoms with Crippen LogP contribution in [0.1, 0.15) is 16.7 Å². The first kappa shape index (κ1) is 23.1. The number of rotatable bonds is 7. The van der Waals surface area contributed by atoms with Crippen molar-refractivity contribution in [2.75, 3.05) is 5.32 Å². The molecular formula is C22H18Cl2N4O4. The molecule has 2 amide bonds. The summed E-state index contributed by atoms with van der Waals surface area (Å²) in [4.78, 5) is 22.2. The zero-order chi connectivity index (χ0) is 23.1. The fourth-order valence-electron chi connectivity index (χ4n) is 2.69. The highest BCUT2D eigenvalue weighted by molar-refractivity contribution is 6.37. The highest BCUT2D eigenvalue weighted by atomic mass is 35.5. The van der Waals surface area contributed by atoms with E-state index < -0.39 is 11.0 Å². The number of carbonyl (C=O) groups is 1. The zero-order valence-corrected chi connectivity index (χ0v) is 18.4. The number of hydrazone groups is 1. The van der Waals surface area contributed by atoms with Gasteiger partial charge in [-0.15, -0.1) is 0 Å². The van der Waals surface area contributed by atoms with Gasteiger partial charge in [0.05, 0.1) is 21.2 Å². The van der Waals surface area contributed by atoms with Crippen molar-refractivity contribution in [2.45, 2.75) is 13.5 Å². The number of carbonyl (C=O) groups excluding carboxylic acids is 1. The van der Waals surface area contributed by atoms with E-state index in [0.717, 1.165) is 11.1 Å². The van der Waals surface area contributed by atoms with Gasteiger partial charge in [-0.25, -0.2) is 10.2 Å². The van der Waals surface area contributed by atoms with Crippen molar-refractivity contribution in [3.8, 4) is 5.75 Å². The van der Waals surface area contributed by atoms with Gasteiger partial charge in [-0.2, -0.15) is 5.10 Å². The minimum absolute atomic E-state index is 0.00495. The predicted octanol–water partition coefficient (Wildman–Crippen LogP) is 5.94. The van der Waals surface area contributed by atoms with E-state index in [1.807, 2.05) is 25.1 Å². The minimum Gasteiger partial charge on any atom is -0.486 e. The van der Waals surface area contributed by atoms with Crippen LogP contribution in [0.25, 0.3) is 0 Å². The number of hydrogen-bond donors (Lipinski definition) is 2. The first-order valence-electron chi connectivity index (χ1n) is 9.34. The Bertz CT molecular complexity index is 1140. The van der Waals surface area contributed by atoms with Crippen molar-refractivity contribution in [2.24, 2.45) is 5.10 Å². The van der Waals surface area contributed by atoms with Crippen LogP contribution in [-0.4, -0.2) is 17.2 Å². The summed E-state index contributed by atoms with van der Waals surface area (Å²) in [6.07, 6.45) is 1.40. The molecule has 0 saturated carbocycles. The van der Waals surface area contributed by atoms with E-state index in [2.05, 4.69) is 15.8 Å². The third-order valence-electron chi connectivity index (χ3n) is 4.32. The second-order valence-corrected chi connectivity index (χ2v) is 7.48. The molecule has 0 unspecified atom stereocenters. The molecule has 0 aliphatic carbocycles. The monoisotopic (exact) mass is 472 g/mol. The summed E-state index contributed by atoms with van der Waals surface area (Å²) in [7, 11) is 0. The number of aryl methyl sites for hydroxylation is 1. The highest BCUT2D eigenvalue weighted by Crippen LogP contribution is 2.34. The van der Waals surface area contributed by atoms with Crippen LogP contribution in [0.3, 0.4) is 0 Å². The Hall–Kier alpha value is -3.62. The van der Waals surface area contributed by atoms with Crippen LogP contribution in [0.4, 0.5) is 16.2 Å². The molecule has 0 aromatic heterocycles. The van der Waals surface area contributed by atoms with Gasteiger partial charge in [-0.3, -0.25) is 10.1 Å². The molecule has 0 atom stereocenters. The number of nitro benzene ring substituents is 1. The maximum atomic E-state index is 12.0. The predicted molar refractivity (Wildman–Crippen MR) is 125 cm³/mol. The fourth-order valence-corrected chi connectivity index (χ4v) is 3.30. The van der Waals surface area contributed by atoms with E-state index >= 15 is 0 Å². The van der Waals surface area contributed by atoms with E-state index in [1.54, 1.807) is 30.3 Å². The molecule has 0 heterocycles. The largest absolute Gasteiger partial charge is 0.486 e. The van der Waals surface area contributed by atoms with Gasteiger partial charge in [0.2, 0.25) is 0 Å². The van der Waals surface area contributed by atoms with Gasteiger partial charge < -0.3 is 10.1 Å². The number of nitro groups is 1. The SMILES string of the molecule is Cc1ccccc1NC(=O)NN=Cc1cc(Cl)c(OCc2ccc([N+](=O)[O-])cc2)c(Cl)c1. The van der Waals surface area contributed by atoms with Crippen LogP contribution in [0, 0.1) is 17.0 Å². The Labute approximate surface area is 194 Å². The number of hydrogen-bond acceptors (Lipinski definition) is 5. The Morgan fingerprint density at radius 1 is 1.12 bits per heavy atom. The molecule has 32 heavy (non-hydrogen) atoms. The number of para-hydroxylation sites is 1. The van der Waals surface area contributed by atoms with Gasteiger partial charge in [0.25, 0.3) is 5.69 Å². The highest BCUT2D eigenvalue weighted by Gasteiger charge is 2.11.